The Morgan fingerprint density at radius 3 is 1.43 bits per heavy atom. The van der Waals surface area contributed by atoms with Gasteiger partial charge < -0.3 is 4.90 Å². The van der Waals surface area contributed by atoms with Crippen LogP contribution >= 0.6 is 0 Å². The van der Waals surface area contributed by atoms with E-state index in [2.05, 4.69) is 221 Å². The van der Waals surface area contributed by atoms with Gasteiger partial charge in [0, 0.05) is 22.5 Å². The van der Waals surface area contributed by atoms with Gasteiger partial charge in [-0.3, -0.25) is 0 Å². The summed E-state index contributed by atoms with van der Waals surface area (Å²) in [5, 5.41) is 0. The molecule has 1 heteroatoms. The van der Waals surface area contributed by atoms with Gasteiger partial charge in [-0.1, -0.05) is 167 Å². The Morgan fingerprint density at radius 1 is 0.339 bits per heavy atom. The van der Waals surface area contributed by atoms with Crippen molar-refractivity contribution < 1.29 is 0 Å². The van der Waals surface area contributed by atoms with E-state index in [0.29, 0.717) is 0 Å². The molecule has 0 spiro atoms. The van der Waals surface area contributed by atoms with Crippen LogP contribution in [0.1, 0.15) is 49.9 Å². The van der Waals surface area contributed by atoms with E-state index >= 15 is 0 Å². The molecule has 0 saturated carbocycles. The first kappa shape index (κ1) is 34.1. The first-order valence-electron chi connectivity index (χ1n) is 19.9. The lowest BCUT2D eigenvalue weighted by atomic mass is 9.68. The van der Waals surface area contributed by atoms with Crippen LogP contribution in [-0.2, 0) is 17.3 Å². The standard InChI is InChI=1S/C55H45N/c1-54(2)36-43-34-49-47-17-11-12-18-52(47)55(3,4)53(49)35-48(43)50-33-42(27-32-51(50)54)41-25-30-46(31-26-41)56(44-15-9-6-10-16-44)45-28-23-40(24-29-45)39-21-19-38(20-22-39)37-13-7-5-8-14-37/h5-35H,36H2,1-4H3. The number of benzene rings is 8. The zero-order valence-electron chi connectivity index (χ0n) is 32.6. The van der Waals surface area contributed by atoms with E-state index in [0.717, 1.165) is 23.5 Å². The normalized spacial score (nSPS) is 14.3. The Hall–Kier alpha value is -6.44. The predicted octanol–water partition coefficient (Wildman–Crippen LogP) is 15.0. The number of hydrogen-bond acceptors (Lipinski definition) is 1. The molecule has 0 bridgehead atoms. The van der Waals surface area contributed by atoms with Crippen LogP contribution in [0.5, 0.6) is 0 Å². The smallest absolute Gasteiger partial charge is 0.0462 e. The van der Waals surface area contributed by atoms with Crippen LogP contribution in [-0.4, -0.2) is 0 Å². The second kappa shape index (κ2) is 13.1. The molecule has 10 rings (SSSR count). The van der Waals surface area contributed by atoms with Crippen molar-refractivity contribution in [1.82, 2.24) is 0 Å². The minimum absolute atomic E-state index is 0.0272. The fourth-order valence-electron chi connectivity index (χ4n) is 9.41. The van der Waals surface area contributed by atoms with Crippen molar-refractivity contribution in [3.8, 4) is 55.6 Å². The second-order valence-corrected chi connectivity index (χ2v) is 16.8. The van der Waals surface area contributed by atoms with Gasteiger partial charge in [0.15, 0.2) is 0 Å². The van der Waals surface area contributed by atoms with Gasteiger partial charge in [-0.15, -0.1) is 0 Å². The third-order valence-electron chi connectivity index (χ3n) is 12.4. The van der Waals surface area contributed by atoms with E-state index in [-0.39, 0.29) is 10.8 Å². The van der Waals surface area contributed by atoms with Gasteiger partial charge in [0.2, 0.25) is 0 Å². The van der Waals surface area contributed by atoms with Crippen molar-refractivity contribution in [2.75, 3.05) is 4.90 Å². The molecule has 2 aliphatic rings. The van der Waals surface area contributed by atoms with Gasteiger partial charge in [0.05, 0.1) is 0 Å². The third kappa shape index (κ3) is 5.69. The third-order valence-corrected chi connectivity index (χ3v) is 12.4. The maximum absolute atomic E-state index is 2.52. The molecular weight excluding hydrogens is 675 g/mol. The molecule has 0 aliphatic heterocycles. The summed E-state index contributed by atoms with van der Waals surface area (Å²) in [5.41, 5.74) is 22.1. The first-order valence-corrected chi connectivity index (χ1v) is 19.9. The van der Waals surface area contributed by atoms with Crippen molar-refractivity contribution in [1.29, 1.82) is 0 Å². The number of fused-ring (bicyclic) bond motifs is 6. The topological polar surface area (TPSA) is 3.24 Å². The molecule has 0 amide bonds. The molecule has 0 saturated heterocycles. The summed E-state index contributed by atoms with van der Waals surface area (Å²) in [6.07, 6.45) is 1.04. The summed E-state index contributed by atoms with van der Waals surface area (Å²) in [7, 11) is 0. The Bertz CT molecular complexity index is 2720. The molecular formula is C55H45N. The summed E-state index contributed by atoms with van der Waals surface area (Å²) < 4.78 is 0. The van der Waals surface area contributed by atoms with Gasteiger partial charge in [-0.2, -0.15) is 0 Å². The highest BCUT2D eigenvalue weighted by atomic mass is 15.1. The summed E-state index contributed by atoms with van der Waals surface area (Å²) >= 11 is 0. The van der Waals surface area contributed by atoms with Crippen LogP contribution < -0.4 is 4.90 Å². The monoisotopic (exact) mass is 719 g/mol. The maximum atomic E-state index is 2.52. The molecule has 0 unspecified atom stereocenters. The molecule has 0 atom stereocenters. The fraction of sp³-hybridized carbons (Fsp3) is 0.127. The molecule has 2 aliphatic carbocycles. The van der Waals surface area contributed by atoms with Crippen LogP contribution in [0.3, 0.4) is 0 Å². The Labute approximate surface area is 331 Å². The summed E-state index contributed by atoms with van der Waals surface area (Å²) in [4.78, 5) is 2.35. The zero-order chi connectivity index (χ0) is 38.0. The molecule has 0 heterocycles. The zero-order valence-corrected chi connectivity index (χ0v) is 32.6. The van der Waals surface area contributed by atoms with E-state index in [4.69, 9.17) is 0 Å². The van der Waals surface area contributed by atoms with Crippen LogP contribution in [0.2, 0.25) is 0 Å². The van der Waals surface area contributed by atoms with E-state index in [1.54, 1.807) is 0 Å². The average molecular weight is 720 g/mol. The molecule has 1 nitrogen and oxygen atoms in total. The first-order chi connectivity index (χ1) is 27.2. The van der Waals surface area contributed by atoms with Gasteiger partial charge in [0.25, 0.3) is 0 Å². The largest absolute Gasteiger partial charge is 0.311 e. The quantitative estimate of drug-likeness (QED) is 0.165. The van der Waals surface area contributed by atoms with Crippen LogP contribution in [0.4, 0.5) is 17.1 Å². The summed E-state index contributed by atoms with van der Waals surface area (Å²) in [5.74, 6) is 0. The highest BCUT2D eigenvalue weighted by molar-refractivity contribution is 5.89. The minimum Gasteiger partial charge on any atom is -0.311 e. The molecule has 0 fully saturated rings. The van der Waals surface area contributed by atoms with Crippen molar-refractivity contribution in [3.63, 3.8) is 0 Å². The number of nitrogens with zero attached hydrogens (tertiary/aromatic N) is 1. The average Bonchev–Trinajstić information content (AvgIpc) is 3.46. The van der Waals surface area contributed by atoms with Gasteiger partial charge in [0.1, 0.15) is 0 Å². The van der Waals surface area contributed by atoms with Crippen molar-refractivity contribution in [2.24, 2.45) is 0 Å². The van der Waals surface area contributed by atoms with E-state index < -0.39 is 0 Å². The lowest BCUT2D eigenvalue weighted by Gasteiger charge is -2.35. The van der Waals surface area contributed by atoms with E-state index in [1.807, 2.05) is 0 Å². The minimum atomic E-state index is -0.0272. The number of hydrogen-bond donors (Lipinski definition) is 0. The van der Waals surface area contributed by atoms with E-state index in [9.17, 15) is 0 Å². The van der Waals surface area contributed by atoms with Gasteiger partial charge >= 0.3 is 0 Å². The van der Waals surface area contributed by atoms with Crippen LogP contribution in [0.15, 0.2) is 188 Å². The molecule has 0 aromatic heterocycles. The number of rotatable bonds is 6. The van der Waals surface area contributed by atoms with Crippen molar-refractivity contribution in [2.45, 2.75) is 44.9 Å². The highest BCUT2D eigenvalue weighted by Gasteiger charge is 2.38. The van der Waals surface area contributed by atoms with Gasteiger partial charge in [-0.25, -0.2) is 0 Å². The van der Waals surface area contributed by atoms with Crippen molar-refractivity contribution >= 4 is 17.1 Å². The fourth-order valence-corrected chi connectivity index (χ4v) is 9.41. The lowest BCUT2D eigenvalue weighted by molar-refractivity contribution is 0.517. The molecule has 56 heavy (non-hydrogen) atoms. The van der Waals surface area contributed by atoms with E-state index in [1.165, 1.54) is 77.9 Å². The molecule has 8 aromatic carbocycles. The summed E-state index contributed by atoms with van der Waals surface area (Å²) in [6.45, 7) is 9.57. The molecule has 8 aromatic rings. The Kier molecular flexibility index (Phi) is 7.97. The van der Waals surface area contributed by atoms with Gasteiger partial charge in [-0.05, 0) is 138 Å². The van der Waals surface area contributed by atoms with Crippen LogP contribution in [0.25, 0.3) is 55.6 Å². The number of anilines is 3. The predicted molar refractivity (Wildman–Crippen MR) is 237 cm³/mol. The summed E-state index contributed by atoms with van der Waals surface area (Å²) in [6, 6.07) is 69.3. The lowest BCUT2D eigenvalue weighted by Crippen LogP contribution is -2.26. The molecule has 0 radical (unpaired) electrons. The molecule has 0 N–H and O–H groups in total. The maximum Gasteiger partial charge on any atom is 0.0462 e. The Balaban J connectivity index is 0.980. The SMILES string of the molecule is CC1(C)Cc2cc3c(cc2-c2cc(-c4ccc(N(c5ccccc5)c5ccc(-c6ccc(-c7ccccc7)cc6)cc5)cc4)ccc21)C(C)(C)c1ccccc1-3. The molecule has 270 valence electrons. The Morgan fingerprint density at radius 2 is 0.804 bits per heavy atom. The second-order valence-electron chi connectivity index (χ2n) is 16.8. The van der Waals surface area contributed by atoms with Crippen molar-refractivity contribution in [3.05, 3.63) is 210 Å². The number of para-hydroxylation sites is 1. The van der Waals surface area contributed by atoms with Crippen LogP contribution in [0, 0.1) is 0 Å². The highest BCUT2D eigenvalue weighted by Crippen LogP contribution is 2.53.